The number of benzene rings is 1. The van der Waals surface area contributed by atoms with Gasteiger partial charge in [0, 0.05) is 50.1 Å². The highest BCUT2D eigenvalue weighted by atomic mass is 32.1. The summed E-state index contributed by atoms with van der Waals surface area (Å²) < 4.78 is 1.89. The first-order valence-corrected chi connectivity index (χ1v) is 12.7. The largest absolute Gasteiger partial charge is 0.345 e. The highest BCUT2D eigenvalue weighted by Crippen LogP contribution is 2.28. The SMILES string of the molecule is O=C(NC1CC1)C(=O)N1CCN(C(=O)/C=C/c2cn(Cc3ccccc3)nc2-c2cccs2)CC1. The van der Waals surface area contributed by atoms with E-state index in [1.54, 1.807) is 22.3 Å². The zero-order valence-electron chi connectivity index (χ0n) is 19.3. The summed E-state index contributed by atoms with van der Waals surface area (Å²) in [6, 6.07) is 14.3. The second kappa shape index (κ2) is 10.3. The highest BCUT2D eigenvalue weighted by molar-refractivity contribution is 7.13. The van der Waals surface area contributed by atoms with Gasteiger partial charge in [-0.15, -0.1) is 11.3 Å². The van der Waals surface area contributed by atoms with Gasteiger partial charge in [0.15, 0.2) is 0 Å². The monoisotopic (exact) mass is 489 g/mol. The molecule has 0 radical (unpaired) electrons. The maximum Gasteiger partial charge on any atom is 0.312 e. The lowest BCUT2D eigenvalue weighted by Gasteiger charge is -2.33. The molecule has 9 heteroatoms. The Labute approximate surface area is 207 Å². The summed E-state index contributed by atoms with van der Waals surface area (Å²) in [5, 5.41) is 9.52. The van der Waals surface area contributed by atoms with Gasteiger partial charge in [-0.1, -0.05) is 36.4 Å². The average Bonchev–Trinajstić information content (AvgIpc) is 3.36. The van der Waals surface area contributed by atoms with Crippen molar-refractivity contribution in [3.63, 3.8) is 0 Å². The molecule has 1 aliphatic carbocycles. The molecule has 5 rings (SSSR count). The van der Waals surface area contributed by atoms with Crippen LogP contribution in [0.1, 0.15) is 24.0 Å². The molecule has 180 valence electrons. The van der Waals surface area contributed by atoms with Crippen molar-refractivity contribution < 1.29 is 14.4 Å². The van der Waals surface area contributed by atoms with Gasteiger partial charge in [0.1, 0.15) is 5.69 Å². The van der Waals surface area contributed by atoms with Crippen LogP contribution in [0.15, 0.2) is 60.1 Å². The Morgan fingerprint density at radius 1 is 1.00 bits per heavy atom. The minimum absolute atomic E-state index is 0.118. The van der Waals surface area contributed by atoms with Crippen molar-refractivity contribution in [2.24, 2.45) is 0 Å². The molecule has 0 bridgehead atoms. The molecule has 3 aromatic rings. The van der Waals surface area contributed by atoms with E-state index in [2.05, 4.69) is 17.4 Å². The summed E-state index contributed by atoms with van der Waals surface area (Å²) in [6.07, 6.45) is 7.21. The normalized spacial score (nSPS) is 16.0. The maximum atomic E-state index is 12.9. The zero-order valence-corrected chi connectivity index (χ0v) is 20.1. The first kappa shape index (κ1) is 23.0. The number of nitrogens with one attached hydrogen (secondary N) is 1. The number of thiophene rings is 1. The second-order valence-electron chi connectivity index (χ2n) is 8.79. The van der Waals surface area contributed by atoms with Crippen LogP contribution in [0.5, 0.6) is 0 Å². The predicted molar refractivity (Wildman–Crippen MR) is 134 cm³/mol. The summed E-state index contributed by atoms with van der Waals surface area (Å²) in [5.41, 5.74) is 2.87. The van der Waals surface area contributed by atoms with Crippen LogP contribution in [-0.4, -0.2) is 69.5 Å². The molecule has 1 aliphatic heterocycles. The van der Waals surface area contributed by atoms with E-state index in [0.29, 0.717) is 32.7 Å². The van der Waals surface area contributed by atoms with Gasteiger partial charge >= 0.3 is 11.8 Å². The van der Waals surface area contributed by atoms with Crippen LogP contribution in [0.2, 0.25) is 0 Å². The number of aromatic nitrogens is 2. The van der Waals surface area contributed by atoms with E-state index in [1.165, 1.54) is 4.90 Å². The van der Waals surface area contributed by atoms with Gasteiger partial charge < -0.3 is 15.1 Å². The molecular weight excluding hydrogens is 462 g/mol. The number of hydrogen-bond acceptors (Lipinski definition) is 5. The third-order valence-electron chi connectivity index (χ3n) is 6.12. The fourth-order valence-corrected chi connectivity index (χ4v) is 4.76. The van der Waals surface area contributed by atoms with E-state index in [-0.39, 0.29) is 11.9 Å². The number of piperazine rings is 1. The third kappa shape index (κ3) is 5.68. The van der Waals surface area contributed by atoms with Crippen molar-refractivity contribution in [1.82, 2.24) is 24.9 Å². The molecule has 3 heterocycles. The van der Waals surface area contributed by atoms with Crippen molar-refractivity contribution in [3.8, 4) is 10.6 Å². The summed E-state index contributed by atoms with van der Waals surface area (Å²) in [4.78, 5) is 41.5. The number of amides is 3. The van der Waals surface area contributed by atoms with Crippen LogP contribution in [-0.2, 0) is 20.9 Å². The van der Waals surface area contributed by atoms with Crippen molar-refractivity contribution in [3.05, 3.63) is 71.2 Å². The molecular formula is C26H27N5O3S. The molecule has 0 unspecified atom stereocenters. The second-order valence-corrected chi connectivity index (χ2v) is 9.74. The molecule has 8 nitrogen and oxygen atoms in total. The Bertz CT molecular complexity index is 1220. The van der Waals surface area contributed by atoms with E-state index < -0.39 is 11.8 Å². The summed E-state index contributed by atoms with van der Waals surface area (Å²) >= 11 is 1.61. The number of carbonyl (C=O) groups excluding carboxylic acids is 3. The lowest BCUT2D eigenvalue weighted by Crippen LogP contribution is -2.53. The Morgan fingerprint density at radius 2 is 1.74 bits per heavy atom. The highest BCUT2D eigenvalue weighted by Gasteiger charge is 2.31. The molecule has 2 aliphatic rings. The van der Waals surface area contributed by atoms with E-state index in [0.717, 1.165) is 34.5 Å². The lowest BCUT2D eigenvalue weighted by molar-refractivity contribution is -0.148. The zero-order chi connectivity index (χ0) is 24.2. The first-order chi connectivity index (χ1) is 17.1. The predicted octanol–water partition coefficient (Wildman–Crippen LogP) is 2.62. The van der Waals surface area contributed by atoms with Crippen LogP contribution in [0.3, 0.4) is 0 Å². The first-order valence-electron chi connectivity index (χ1n) is 11.8. The van der Waals surface area contributed by atoms with Gasteiger partial charge in [0.2, 0.25) is 5.91 Å². The van der Waals surface area contributed by atoms with E-state index >= 15 is 0 Å². The van der Waals surface area contributed by atoms with Crippen molar-refractivity contribution in [2.75, 3.05) is 26.2 Å². The van der Waals surface area contributed by atoms with Gasteiger partial charge in [0.25, 0.3) is 0 Å². The minimum Gasteiger partial charge on any atom is -0.345 e. The molecule has 1 saturated carbocycles. The van der Waals surface area contributed by atoms with Crippen LogP contribution in [0.4, 0.5) is 0 Å². The van der Waals surface area contributed by atoms with Crippen molar-refractivity contribution in [1.29, 1.82) is 0 Å². The molecule has 1 aromatic carbocycles. The molecule has 0 atom stereocenters. The van der Waals surface area contributed by atoms with Crippen molar-refractivity contribution in [2.45, 2.75) is 25.4 Å². The molecule has 0 spiro atoms. The summed E-state index contributed by atoms with van der Waals surface area (Å²) in [6.45, 7) is 2.15. The van der Waals surface area contributed by atoms with Crippen molar-refractivity contribution >= 4 is 35.1 Å². The topological polar surface area (TPSA) is 87.5 Å². The molecule has 35 heavy (non-hydrogen) atoms. The van der Waals surface area contributed by atoms with Crippen LogP contribution < -0.4 is 5.32 Å². The van der Waals surface area contributed by atoms with Gasteiger partial charge in [-0.25, -0.2) is 0 Å². The Balaban J connectivity index is 1.23. The van der Waals surface area contributed by atoms with Crippen LogP contribution >= 0.6 is 11.3 Å². The van der Waals surface area contributed by atoms with Crippen LogP contribution in [0.25, 0.3) is 16.6 Å². The van der Waals surface area contributed by atoms with Gasteiger partial charge in [0.05, 0.1) is 11.4 Å². The molecule has 2 aromatic heterocycles. The quantitative estimate of drug-likeness (QED) is 0.426. The maximum absolute atomic E-state index is 12.9. The summed E-state index contributed by atoms with van der Waals surface area (Å²) in [7, 11) is 0. The Morgan fingerprint density at radius 3 is 2.43 bits per heavy atom. The smallest absolute Gasteiger partial charge is 0.312 e. The Kier molecular flexibility index (Phi) is 6.76. The van der Waals surface area contributed by atoms with Gasteiger partial charge in [-0.2, -0.15) is 5.10 Å². The molecule has 2 fully saturated rings. The Hall–Kier alpha value is -3.72. The molecule has 1 saturated heterocycles. The fraction of sp³-hybridized carbons (Fsp3) is 0.308. The van der Waals surface area contributed by atoms with E-state index in [4.69, 9.17) is 5.10 Å². The molecule has 1 N–H and O–H groups in total. The number of rotatable bonds is 6. The molecule has 3 amide bonds. The third-order valence-corrected chi connectivity index (χ3v) is 7.00. The number of carbonyl (C=O) groups is 3. The van der Waals surface area contributed by atoms with E-state index in [9.17, 15) is 14.4 Å². The van der Waals surface area contributed by atoms with E-state index in [1.807, 2.05) is 52.7 Å². The minimum atomic E-state index is -0.541. The fourth-order valence-electron chi connectivity index (χ4n) is 4.03. The standard InChI is InChI=1S/C26H27N5O3S/c32-23(29-12-14-30(15-13-29)26(34)25(33)27-21-9-10-21)11-8-20-18-31(17-19-5-2-1-3-6-19)28-24(20)22-7-4-16-35-22/h1-8,11,16,18,21H,9-10,12-15,17H2,(H,27,33)/b11-8+. The summed E-state index contributed by atoms with van der Waals surface area (Å²) in [5.74, 6) is -1.17. The van der Waals surface area contributed by atoms with Crippen LogP contribution in [0, 0.1) is 0 Å². The van der Waals surface area contributed by atoms with Gasteiger partial charge in [-0.05, 0) is 35.9 Å². The van der Waals surface area contributed by atoms with Gasteiger partial charge in [-0.3, -0.25) is 19.1 Å². The lowest BCUT2D eigenvalue weighted by atomic mass is 10.2. The number of nitrogens with zero attached hydrogens (tertiary/aromatic N) is 4. The average molecular weight is 490 g/mol. The number of hydrogen-bond donors (Lipinski definition) is 1.